The molecule has 1 heterocycles. The van der Waals surface area contributed by atoms with Crippen molar-refractivity contribution < 1.29 is 23.5 Å². The topological polar surface area (TPSA) is 68.3 Å². The fourth-order valence-corrected chi connectivity index (χ4v) is 6.54. The van der Waals surface area contributed by atoms with Gasteiger partial charge in [-0.2, -0.15) is 0 Å². The lowest BCUT2D eigenvalue weighted by Crippen LogP contribution is -2.51. The molecule has 0 aromatic heterocycles. The van der Waals surface area contributed by atoms with Crippen molar-refractivity contribution >= 4 is 37.7 Å². The smallest absolute Gasteiger partial charge is 0.410 e. The average Bonchev–Trinajstić information content (AvgIpc) is 2.89. The summed E-state index contributed by atoms with van der Waals surface area (Å²) < 4.78 is 17.8. The molecule has 0 aliphatic carbocycles. The number of amides is 1. The number of fused-ring (bicyclic) bond motifs is 1. The predicted octanol–water partition coefficient (Wildman–Crippen LogP) is 8.20. The molecule has 0 spiro atoms. The predicted molar refractivity (Wildman–Crippen MR) is 178 cm³/mol. The van der Waals surface area contributed by atoms with Crippen molar-refractivity contribution in [1.82, 2.24) is 4.90 Å². The van der Waals surface area contributed by atoms with Gasteiger partial charge in [0.25, 0.3) is 0 Å². The summed E-state index contributed by atoms with van der Waals surface area (Å²) in [6.07, 6.45) is 1.46. The van der Waals surface area contributed by atoms with Crippen molar-refractivity contribution in [2.45, 2.75) is 104 Å². The third-order valence-electron chi connectivity index (χ3n) is 8.41. The van der Waals surface area contributed by atoms with Crippen LogP contribution in [0.5, 0.6) is 0 Å². The summed E-state index contributed by atoms with van der Waals surface area (Å²) in [5.41, 5.74) is 3.60. The van der Waals surface area contributed by atoms with Crippen LogP contribution in [0.2, 0.25) is 23.2 Å². The molecule has 9 heteroatoms. The van der Waals surface area contributed by atoms with E-state index in [1.165, 1.54) is 12.7 Å². The number of benzene rings is 2. The van der Waals surface area contributed by atoms with Crippen LogP contribution in [-0.2, 0) is 31.5 Å². The highest BCUT2D eigenvalue weighted by atomic mass is 35.5. The molecule has 43 heavy (non-hydrogen) atoms. The van der Waals surface area contributed by atoms with Gasteiger partial charge in [0.1, 0.15) is 5.60 Å². The van der Waals surface area contributed by atoms with Crippen LogP contribution in [-0.4, -0.2) is 63.7 Å². The zero-order chi connectivity index (χ0) is 32.2. The van der Waals surface area contributed by atoms with Crippen molar-refractivity contribution in [3.05, 3.63) is 64.2 Å². The Labute approximate surface area is 265 Å². The molecule has 0 bridgehead atoms. The van der Waals surface area contributed by atoms with Crippen LogP contribution >= 0.6 is 11.6 Å². The fraction of sp³-hybridized carbons (Fsp3) is 0.588. The minimum atomic E-state index is -2.23. The summed E-state index contributed by atoms with van der Waals surface area (Å²) >= 11 is 6.44. The minimum absolute atomic E-state index is 0.0174. The van der Waals surface area contributed by atoms with Gasteiger partial charge in [0, 0.05) is 29.8 Å². The summed E-state index contributed by atoms with van der Waals surface area (Å²) in [5, 5.41) is 0.617. The summed E-state index contributed by atoms with van der Waals surface area (Å²) in [7, 11) is -0.815. The number of halogens is 1. The van der Waals surface area contributed by atoms with E-state index in [0.29, 0.717) is 18.1 Å². The number of hydrogen-bond donors (Lipinski definition) is 0. The van der Waals surface area contributed by atoms with E-state index in [9.17, 15) is 9.59 Å². The number of hydrogen-bond acceptors (Lipinski definition) is 6. The van der Waals surface area contributed by atoms with Gasteiger partial charge in [-0.05, 0) is 93.6 Å². The molecule has 3 rings (SSSR count). The van der Waals surface area contributed by atoms with Gasteiger partial charge in [-0.15, -0.1) is 0 Å². The molecule has 1 amide bonds. The summed E-state index contributed by atoms with van der Waals surface area (Å²) in [5.74, 6) is -0.247. The normalized spacial score (nSPS) is 15.4. The Hall–Kier alpha value is -2.55. The lowest BCUT2D eigenvalue weighted by atomic mass is 9.97. The van der Waals surface area contributed by atoms with Crippen LogP contribution in [0.3, 0.4) is 0 Å². The van der Waals surface area contributed by atoms with Crippen LogP contribution in [0, 0.1) is 0 Å². The quantitative estimate of drug-likeness (QED) is 0.195. The average molecular weight is 631 g/mol. The van der Waals surface area contributed by atoms with Crippen LogP contribution in [0.15, 0.2) is 42.5 Å². The van der Waals surface area contributed by atoms with E-state index in [4.69, 9.17) is 25.5 Å². The molecular formula is C34H51ClN2O5Si. The van der Waals surface area contributed by atoms with E-state index in [2.05, 4.69) is 57.8 Å². The maximum Gasteiger partial charge on any atom is 0.410 e. The molecule has 1 unspecified atom stereocenters. The van der Waals surface area contributed by atoms with Gasteiger partial charge in [-0.25, -0.2) is 4.79 Å². The first-order valence-electron chi connectivity index (χ1n) is 15.3. The number of esters is 1. The molecule has 1 aliphatic heterocycles. The SMILES string of the molecule is COC(=O)Cc1ccc2c(c1)CCCN2CC(C)N(C[C@H](O[Si](C)(C)C(C)(C)C)c1cccc(Cl)c1)C(=O)OC(C)(C)C. The molecule has 0 N–H and O–H groups in total. The van der Waals surface area contributed by atoms with Crippen LogP contribution in [0.1, 0.15) is 77.7 Å². The summed E-state index contributed by atoms with van der Waals surface area (Å²) in [6, 6.07) is 13.8. The van der Waals surface area contributed by atoms with Crippen molar-refractivity contribution in [3.8, 4) is 0 Å². The molecule has 0 radical (unpaired) electrons. The highest BCUT2D eigenvalue weighted by molar-refractivity contribution is 6.74. The summed E-state index contributed by atoms with van der Waals surface area (Å²) in [4.78, 5) is 29.8. The maximum atomic E-state index is 13.8. The third-order valence-corrected chi connectivity index (χ3v) is 13.1. The highest BCUT2D eigenvalue weighted by Crippen LogP contribution is 2.40. The zero-order valence-electron chi connectivity index (χ0n) is 27.8. The van der Waals surface area contributed by atoms with Crippen LogP contribution in [0.25, 0.3) is 0 Å². The van der Waals surface area contributed by atoms with Crippen molar-refractivity contribution in [2.75, 3.05) is 31.6 Å². The number of methoxy groups -OCH3 is 1. The van der Waals surface area contributed by atoms with E-state index in [0.717, 1.165) is 36.2 Å². The van der Waals surface area contributed by atoms with Gasteiger partial charge < -0.3 is 23.7 Å². The monoisotopic (exact) mass is 630 g/mol. The molecule has 2 aromatic carbocycles. The molecule has 0 fully saturated rings. The fourth-order valence-electron chi connectivity index (χ4n) is 5.07. The lowest BCUT2D eigenvalue weighted by Gasteiger charge is -2.42. The second-order valence-electron chi connectivity index (χ2n) is 14.2. The largest absolute Gasteiger partial charge is 0.469 e. The van der Waals surface area contributed by atoms with Crippen LogP contribution in [0.4, 0.5) is 10.5 Å². The number of rotatable bonds is 10. The molecular weight excluding hydrogens is 580 g/mol. The molecule has 0 saturated heterocycles. The van der Waals surface area contributed by atoms with E-state index in [-0.39, 0.29) is 35.7 Å². The standard InChI is InChI=1S/C34H51ClN2O5Si/c1-24(22-36-18-12-14-26-19-25(16-17-29(26)36)20-31(38)40-8)37(32(39)41-33(2,3)4)23-30(27-13-11-15-28(35)21-27)42-43(9,10)34(5,6)7/h11,13,15-17,19,21,24,30H,12,14,18,20,22-23H2,1-10H3/t24?,30-/m0/s1. The number of aryl methyl sites for hydroxylation is 1. The van der Waals surface area contributed by atoms with E-state index >= 15 is 0 Å². The molecule has 238 valence electrons. The number of nitrogens with zero attached hydrogens (tertiary/aromatic N) is 2. The third kappa shape index (κ3) is 9.72. The molecule has 2 aromatic rings. The Morgan fingerprint density at radius 1 is 1.07 bits per heavy atom. The highest BCUT2D eigenvalue weighted by Gasteiger charge is 2.41. The molecule has 0 saturated carbocycles. The second kappa shape index (κ2) is 14.0. The van der Waals surface area contributed by atoms with Gasteiger partial charge in [0.15, 0.2) is 8.32 Å². The van der Waals surface area contributed by atoms with Gasteiger partial charge in [0.05, 0.1) is 26.2 Å². The van der Waals surface area contributed by atoms with Gasteiger partial charge >= 0.3 is 12.1 Å². The zero-order valence-corrected chi connectivity index (χ0v) is 29.5. The Morgan fingerprint density at radius 3 is 2.37 bits per heavy atom. The van der Waals surface area contributed by atoms with Gasteiger partial charge in [0.2, 0.25) is 0 Å². The first kappa shape index (κ1) is 34.9. The van der Waals surface area contributed by atoms with Crippen molar-refractivity contribution in [1.29, 1.82) is 0 Å². The minimum Gasteiger partial charge on any atom is -0.469 e. The lowest BCUT2D eigenvalue weighted by molar-refractivity contribution is -0.139. The molecule has 2 atom stereocenters. The second-order valence-corrected chi connectivity index (χ2v) is 19.4. The maximum absolute atomic E-state index is 13.8. The van der Waals surface area contributed by atoms with Crippen molar-refractivity contribution in [3.63, 3.8) is 0 Å². The number of carbonyl (C=O) groups is 2. The Morgan fingerprint density at radius 2 is 1.77 bits per heavy atom. The van der Waals surface area contributed by atoms with Gasteiger partial charge in [-0.3, -0.25) is 4.79 Å². The Bertz CT molecular complexity index is 1270. The number of ether oxygens (including phenoxy) is 2. The first-order chi connectivity index (χ1) is 19.9. The van der Waals surface area contributed by atoms with E-state index < -0.39 is 13.9 Å². The molecule has 1 aliphatic rings. The van der Waals surface area contributed by atoms with Crippen molar-refractivity contribution in [2.24, 2.45) is 0 Å². The number of carbonyl (C=O) groups excluding carboxylic acids is 2. The molecule has 7 nitrogen and oxygen atoms in total. The first-order valence-corrected chi connectivity index (χ1v) is 18.6. The Balaban J connectivity index is 1.94. The number of anilines is 1. The van der Waals surface area contributed by atoms with E-state index in [1.807, 2.05) is 56.0 Å². The summed E-state index contributed by atoms with van der Waals surface area (Å²) in [6.45, 7) is 20.7. The van der Waals surface area contributed by atoms with Crippen LogP contribution < -0.4 is 4.90 Å². The Kier molecular flexibility index (Phi) is 11.4. The van der Waals surface area contributed by atoms with Gasteiger partial charge in [-0.1, -0.05) is 56.6 Å². The van der Waals surface area contributed by atoms with E-state index in [1.54, 1.807) is 0 Å².